The monoisotopic (exact) mass is 384 g/mol. The van der Waals surface area contributed by atoms with E-state index in [-0.39, 0.29) is 24.0 Å². The maximum atomic E-state index is 12.5. The molecule has 0 atom stereocenters. The second kappa shape index (κ2) is 8.13. The standard InChI is InChI=1S/C21H24N2O3S/c24-19(23-21-18(12-13-27-21)20(25)22-15-8-9-15)14-6-10-17(11-7-14)26-16-4-2-1-3-5-16/h6-7,10-13,15-16H,1-5,8-9H2,(H,22,25)(H,23,24). The summed E-state index contributed by atoms with van der Waals surface area (Å²) in [5, 5.41) is 8.22. The Kier molecular flexibility index (Phi) is 5.43. The fraction of sp³-hybridized carbons (Fsp3) is 0.429. The molecule has 0 unspecified atom stereocenters. The summed E-state index contributed by atoms with van der Waals surface area (Å²) in [5.74, 6) is 0.464. The van der Waals surface area contributed by atoms with Gasteiger partial charge in [0.15, 0.2) is 0 Å². The van der Waals surface area contributed by atoms with E-state index >= 15 is 0 Å². The number of nitrogens with one attached hydrogen (secondary N) is 2. The first kappa shape index (κ1) is 18.0. The van der Waals surface area contributed by atoms with Gasteiger partial charge in [0.05, 0.1) is 11.7 Å². The summed E-state index contributed by atoms with van der Waals surface area (Å²) < 4.78 is 6.01. The van der Waals surface area contributed by atoms with Gasteiger partial charge in [-0.3, -0.25) is 9.59 Å². The molecule has 27 heavy (non-hydrogen) atoms. The van der Waals surface area contributed by atoms with E-state index in [0.717, 1.165) is 31.4 Å². The molecule has 2 saturated carbocycles. The van der Waals surface area contributed by atoms with Gasteiger partial charge in [0.25, 0.3) is 11.8 Å². The summed E-state index contributed by atoms with van der Waals surface area (Å²) >= 11 is 1.36. The second-order valence-electron chi connectivity index (χ2n) is 7.27. The van der Waals surface area contributed by atoms with E-state index in [0.29, 0.717) is 16.1 Å². The van der Waals surface area contributed by atoms with Crippen molar-refractivity contribution in [1.29, 1.82) is 0 Å². The number of hydrogen-bond acceptors (Lipinski definition) is 4. The van der Waals surface area contributed by atoms with E-state index in [1.165, 1.54) is 30.6 Å². The predicted molar refractivity (Wildman–Crippen MR) is 107 cm³/mol. The van der Waals surface area contributed by atoms with Crippen molar-refractivity contribution >= 4 is 28.2 Å². The Hall–Kier alpha value is -2.34. The Labute approximate surface area is 163 Å². The number of carbonyl (C=O) groups is 2. The lowest BCUT2D eigenvalue weighted by Gasteiger charge is -2.23. The predicted octanol–water partition coefficient (Wildman–Crippen LogP) is 4.60. The summed E-state index contributed by atoms with van der Waals surface area (Å²) in [6.45, 7) is 0. The van der Waals surface area contributed by atoms with Crippen LogP contribution in [0.15, 0.2) is 35.7 Å². The van der Waals surface area contributed by atoms with Crippen molar-refractivity contribution < 1.29 is 14.3 Å². The molecule has 6 heteroatoms. The third-order valence-corrected chi connectivity index (χ3v) is 5.85. The van der Waals surface area contributed by atoms with Gasteiger partial charge < -0.3 is 15.4 Å². The Balaban J connectivity index is 1.37. The number of thiophene rings is 1. The van der Waals surface area contributed by atoms with Gasteiger partial charge in [-0.25, -0.2) is 0 Å². The molecule has 2 amide bonds. The summed E-state index contributed by atoms with van der Waals surface area (Å²) in [6.07, 6.45) is 8.31. The van der Waals surface area contributed by atoms with Crippen molar-refractivity contribution in [3.8, 4) is 5.75 Å². The molecule has 0 spiro atoms. The van der Waals surface area contributed by atoms with E-state index in [9.17, 15) is 9.59 Å². The average molecular weight is 385 g/mol. The quantitative estimate of drug-likeness (QED) is 0.765. The Bertz CT molecular complexity index is 805. The maximum absolute atomic E-state index is 12.5. The number of hydrogen-bond donors (Lipinski definition) is 2. The smallest absolute Gasteiger partial charge is 0.256 e. The molecule has 1 aromatic heterocycles. The SMILES string of the molecule is O=C(Nc1sccc1C(=O)NC1CC1)c1ccc(OC2CCCCC2)cc1. The molecule has 0 radical (unpaired) electrons. The van der Waals surface area contributed by atoms with Crippen LogP contribution in [-0.4, -0.2) is 24.0 Å². The highest BCUT2D eigenvalue weighted by molar-refractivity contribution is 7.14. The van der Waals surface area contributed by atoms with Gasteiger partial charge in [0, 0.05) is 11.6 Å². The van der Waals surface area contributed by atoms with E-state index in [2.05, 4.69) is 10.6 Å². The third kappa shape index (κ3) is 4.69. The van der Waals surface area contributed by atoms with Crippen molar-refractivity contribution in [3.05, 3.63) is 46.8 Å². The molecule has 4 rings (SSSR count). The van der Waals surface area contributed by atoms with Crippen LogP contribution in [0.1, 0.15) is 65.7 Å². The molecular formula is C21H24N2O3S. The molecule has 2 aliphatic rings. The van der Waals surface area contributed by atoms with Gasteiger partial charge in [0.2, 0.25) is 0 Å². The number of ether oxygens (including phenoxy) is 1. The van der Waals surface area contributed by atoms with Gasteiger partial charge in [-0.2, -0.15) is 0 Å². The van der Waals surface area contributed by atoms with E-state index < -0.39 is 0 Å². The van der Waals surface area contributed by atoms with Crippen LogP contribution in [0.25, 0.3) is 0 Å². The second-order valence-corrected chi connectivity index (χ2v) is 8.18. The Morgan fingerprint density at radius 2 is 1.67 bits per heavy atom. The lowest BCUT2D eigenvalue weighted by Crippen LogP contribution is -2.26. The summed E-state index contributed by atoms with van der Waals surface area (Å²) in [6, 6.07) is 9.27. The van der Waals surface area contributed by atoms with Crippen molar-refractivity contribution in [3.63, 3.8) is 0 Å². The molecule has 0 bridgehead atoms. The Morgan fingerprint density at radius 1 is 0.926 bits per heavy atom. The molecule has 1 aromatic carbocycles. The summed E-state index contributed by atoms with van der Waals surface area (Å²) in [4.78, 5) is 24.8. The molecule has 2 aromatic rings. The highest BCUT2D eigenvalue weighted by atomic mass is 32.1. The molecule has 0 aliphatic heterocycles. The molecule has 142 valence electrons. The number of amides is 2. The van der Waals surface area contributed by atoms with Crippen molar-refractivity contribution in [2.75, 3.05) is 5.32 Å². The minimum Gasteiger partial charge on any atom is -0.490 e. The first-order valence-corrected chi connectivity index (χ1v) is 10.5. The zero-order valence-electron chi connectivity index (χ0n) is 15.2. The van der Waals surface area contributed by atoms with Crippen LogP contribution < -0.4 is 15.4 Å². The topological polar surface area (TPSA) is 67.4 Å². The van der Waals surface area contributed by atoms with Gasteiger partial charge in [-0.1, -0.05) is 6.42 Å². The van der Waals surface area contributed by atoms with Crippen LogP contribution in [0.3, 0.4) is 0 Å². The lowest BCUT2D eigenvalue weighted by atomic mass is 9.98. The first-order chi connectivity index (χ1) is 13.2. The van der Waals surface area contributed by atoms with Crippen LogP contribution in [0.2, 0.25) is 0 Å². The summed E-state index contributed by atoms with van der Waals surface area (Å²) in [5.41, 5.74) is 1.07. The van der Waals surface area contributed by atoms with Gasteiger partial charge in [0.1, 0.15) is 10.8 Å². The minimum absolute atomic E-state index is 0.120. The normalized spacial score (nSPS) is 17.3. The van der Waals surface area contributed by atoms with Gasteiger partial charge >= 0.3 is 0 Å². The number of rotatable bonds is 6. The zero-order chi connectivity index (χ0) is 18.6. The van der Waals surface area contributed by atoms with E-state index in [4.69, 9.17) is 4.74 Å². The fourth-order valence-electron chi connectivity index (χ4n) is 3.31. The average Bonchev–Trinajstić information content (AvgIpc) is 3.38. The highest BCUT2D eigenvalue weighted by Gasteiger charge is 2.25. The lowest BCUT2D eigenvalue weighted by molar-refractivity contribution is 0.0952. The number of anilines is 1. The van der Waals surface area contributed by atoms with Crippen LogP contribution in [0.4, 0.5) is 5.00 Å². The first-order valence-electron chi connectivity index (χ1n) is 9.65. The highest BCUT2D eigenvalue weighted by Crippen LogP contribution is 2.27. The van der Waals surface area contributed by atoms with E-state index in [1.54, 1.807) is 18.2 Å². The molecule has 0 saturated heterocycles. The van der Waals surface area contributed by atoms with Crippen LogP contribution >= 0.6 is 11.3 Å². The number of carbonyl (C=O) groups excluding carboxylic acids is 2. The largest absolute Gasteiger partial charge is 0.490 e. The fourth-order valence-corrected chi connectivity index (χ4v) is 4.09. The maximum Gasteiger partial charge on any atom is 0.256 e. The molecule has 5 nitrogen and oxygen atoms in total. The summed E-state index contributed by atoms with van der Waals surface area (Å²) in [7, 11) is 0. The van der Waals surface area contributed by atoms with Crippen molar-refractivity contribution in [1.82, 2.24) is 5.32 Å². The molecule has 2 aliphatic carbocycles. The zero-order valence-corrected chi connectivity index (χ0v) is 16.0. The Morgan fingerprint density at radius 3 is 2.37 bits per heavy atom. The number of benzene rings is 1. The minimum atomic E-state index is -0.220. The van der Waals surface area contributed by atoms with Crippen LogP contribution in [-0.2, 0) is 0 Å². The van der Waals surface area contributed by atoms with Gasteiger partial charge in [-0.05, 0) is 74.2 Å². The molecular weight excluding hydrogens is 360 g/mol. The molecule has 1 heterocycles. The van der Waals surface area contributed by atoms with Crippen LogP contribution in [0.5, 0.6) is 5.75 Å². The molecule has 2 fully saturated rings. The van der Waals surface area contributed by atoms with Crippen molar-refractivity contribution in [2.45, 2.75) is 57.1 Å². The van der Waals surface area contributed by atoms with Gasteiger partial charge in [-0.15, -0.1) is 11.3 Å². The third-order valence-electron chi connectivity index (χ3n) is 5.02. The molecule has 2 N–H and O–H groups in total. The van der Waals surface area contributed by atoms with Crippen LogP contribution in [0, 0.1) is 0 Å². The van der Waals surface area contributed by atoms with E-state index in [1.807, 2.05) is 17.5 Å². The van der Waals surface area contributed by atoms with Crippen molar-refractivity contribution in [2.24, 2.45) is 0 Å².